The number of aromatic carboxylic acids is 1. The molecule has 0 spiro atoms. The number of halogens is 1. The monoisotopic (exact) mass is 345 g/mol. The third-order valence-corrected chi connectivity index (χ3v) is 4.58. The summed E-state index contributed by atoms with van der Waals surface area (Å²) in [6.45, 7) is 2.07. The molecular formula is C18H16ClNO2S. The van der Waals surface area contributed by atoms with Gasteiger partial charge in [0, 0.05) is 16.0 Å². The lowest BCUT2D eigenvalue weighted by Gasteiger charge is -2.08. The van der Waals surface area contributed by atoms with Crippen LogP contribution >= 0.6 is 24.2 Å². The summed E-state index contributed by atoms with van der Waals surface area (Å²) in [7, 11) is 0. The zero-order valence-electron chi connectivity index (χ0n) is 12.5. The molecule has 5 heteroatoms. The van der Waals surface area contributed by atoms with E-state index in [1.165, 1.54) is 17.3 Å². The molecule has 0 amide bonds. The van der Waals surface area contributed by atoms with E-state index in [2.05, 4.69) is 24.0 Å². The quantitative estimate of drug-likeness (QED) is 0.679. The lowest BCUT2D eigenvalue weighted by Crippen LogP contribution is -1.98. The number of aryl methyl sites for hydroxylation is 1. The second-order valence-electron chi connectivity index (χ2n) is 5.04. The number of para-hydroxylation sites is 1. The van der Waals surface area contributed by atoms with Crippen molar-refractivity contribution in [2.24, 2.45) is 0 Å². The summed E-state index contributed by atoms with van der Waals surface area (Å²) in [4.78, 5) is 16.7. The fourth-order valence-corrected chi connectivity index (χ4v) is 3.35. The third-order valence-electron chi connectivity index (χ3n) is 3.47. The number of carboxylic acid groups (broad SMARTS) is 1. The third kappa shape index (κ3) is 3.84. The summed E-state index contributed by atoms with van der Waals surface area (Å²) in [5.74, 6) is -0.249. The molecule has 0 saturated heterocycles. The van der Waals surface area contributed by atoms with Crippen molar-refractivity contribution in [3.05, 3.63) is 71.4 Å². The molecule has 0 aliphatic rings. The fraction of sp³-hybridized carbons (Fsp3) is 0.111. The van der Waals surface area contributed by atoms with Crippen LogP contribution in [0.15, 0.2) is 59.5 Å². The molecule has 1 N–H and O–H groups in total. The van der Waals surface area contributed by atoms with Gasteiger partial charge in [-0.2, -0.15) is 0 Å². The van der Waals surface area contributed by atoms with Crippen LogP contribution < -0.4 is 0 Å². The van der Waals surface area contributed by atoms with Gasteiger partial charge in [0.05, 0.1) is 16.8 Å². The van der Waals surface area contributed by atoms with Gasteiger partial charge in [0.25, 0.3) is 0 Å². The molecule has 0 aliphatic heterocycles. The van der Waals surface area contributed by atoms with Crippen molar-refractivity contribution in [3.63, 3.8) is 0 Å². The maximum Gasteiger partial charge on any atom is 0.336 e. The molecule has 0 aliphatic carbocycles. The number of pyridine rings is 1. The van der Waals surface area contributed by atoms with E-state index in [0.29, 0.717) is 11.3 Å². The van der Waals surface area contributed by atoms with Crippen molar-refractivity contribution in [1.29, 1.82) is 0 Å². The first-order valence-electron chi connectivity index (χ1n) is 6.95. The van der Waals surface area contributed by atoms with Gasteiger partial charge < -0.3 is 5.11 Å². The zero-order valence-corrected chi connectivity index (χ0v) is 14.2. The number of fused-ring (bicyclic) bond motifs is 1. The Morgan fingerprint density at radius 1 is 1.13 bits per heavy atom. The van der Waals surface area contributed by atoms with Crippen LogP contribution in [0.4, 0.5) is 0 Å². The number of hydrogen-bond donors (Lipinski definition) is 1. The van der Waals surface area contributed by atoms with Crippen LogP contribution in [0.5, 0.6) is 0 Å². The van der Waals surface area contributed by atoms with Crippen LogP contribution in [-0.2, 0) is 5.75 Å². The molecule has 3 rings (SSSR count). The Morgan fingerprint density at radius 2 is 1.83 bits per heavy atom. The molecule has 23 heavy (non-hydrogen) atoms. The van der Waals surface area contributed by atoms with Crippen molar-refractivity contribution in [3.8, 4) is 0 Å². The molecule has 0 fully saturated rings. The van der Waals surface area contributed by atoms with Crippen LogP contribution in [0.25, 0.3) is 10.9 Å². The predicted octanol–water partition coefficient (Wildman–Crippen LogP) is 4.96. The van der Waals surface area contributed by atoms with Crippen molar-refractivity contribution >= 4 is 41.0 Å². The van der Waals surface area contributed by atoms with Crippen LogP contribution in [0, 0.1) is 6.92 Å². The second kappa shape index (κ2) is 7.49. The van der Waals surface area contributed by atoms with E-state index < -0.39 is 5.97 Å². The van der Waals surface area contributed by atoms with E-state index in [0.717, 1.165) is 21.5 Å². The number of aromatic nitrogens is 1. The summed E-state index contributed by atoms with van der Waals surface area (Å²) in [5.41, 5.74) is 3.46. The van der Waals surface area contributed by atoms with Crippen LogP contribution in [0.2, 0.25) is 0 Å². The molecule has 118 valence electrons. The number of benzene rings is 2. The first kappa shape index (κ1) is 17.3. The van der Waals surface area contributed by atoms with Crippen LogP contribution in [0.1, 0.15) is 21.6 Å². The first-order chi connectivity index (χ1) is 10.6. The maximum atomic E-state index is 11.2. The first-order valence-corrected chi connectivity index (χ1v) is 7.94. The summed E-state index contributed by atoms with van der Waals surface area (Å²) in [6.07, 6.45) is 0. The Labute approximate surface area is 145 Å². The summed E-state index contributed by atoms with van der Waals surface area (Å²) in [5, 5.41) is 10.4. The van der Waals surface area contributed by atoms with Gasteiger partial charge in [-0.1, -0.05) is 30.3 Å². The molecule has 0 unspecified atom stereocenters. The number of rotatable bonds is 4. The average molecular weight is 346 g/mol. The van der Waals surface area contributed by atoms with Crippen molar-refractivity contribution in [1.82, 2.24) is 4.98 Å². The molecule has 0 radical (unpaired) electrons. The van der Waals surface area contributed by atoms with Gasteiger partial charge in [0.1, 0.15) is 0 Å². The molecule has 0 bridgehead atoms. The van der Waals surface area contributed by atoms with Crippen LogP contribution in [-0.4, -0.2) is 16.1 Å². The Hall–Kier alpha value is -2.04. The van der Waals surface area contributed by atoms with Gasteiger partial charge in [-0.05, 0) is 36.8 Å². The Morgan fingerprint density at radius 3 is 2.61 bits per heavy atom. The molecule has 1 aromatic heterocycles. The second-order valence-corrected chi connectivity index (χ2v) is 6.05. The number of hydrogen-bond acceptors (Lipinski definition) is 3. The highest BCUT2D eigenvalue weighted by atomic mass is 35.5. The average Bonchev–Trinajstić information content (AvgIpc) is 2.53. The maximum absolute atomic E-state index is 11.2. The number of carboxylic acids is 1. The van der Waals surface area contributed by atoms with E-state index in [-0.39, 0.29) is 12.4 Å². The SMILES string of the molecule is Cc1cc(CSc2ccccc2C(=O)O)nc2ccccc12.Cl. The molecule has 0 atom stereocenters. The largest absolute Gasteiger partial charge is 0.478 e. The minimum Gasteiger partial charge on any atom is -0.478 e. The zero-order chi connectivity index (χ0) is 15.5. The lowest BCUT2D eigenvalue weighted by molar-refractivity contribution is 0.0693. The van der Waals surface area contributed by atoms with E-state index in [1.807, 2.05) is 30.3 Å². The smallest absolute Gasteiger partial charge is 0.336 e. The normalized spacial score (nSPS) is 10.3. The van der Waals surface area contributed by atoms with E-state index >= 15 is 0 Å². The van der Waals surface area contributed by atoms with Crippen molar-refractivity contribution < 1.29 is 9.90 Å². The number of thioether (sulfide) groups is 1. The number of carbonyl (C=O) groups is 1. The fourth-order valence-electron chi connectivity index (χ4n) is 2.41. The molecule has 1 heterocycles. The Kier molecular flexibility index (Phi) is 5.64. The molecule has 3 nitrogen and oxygen atoms in total. The topological polar surface area (TPSA) is 50.2 Å². The van der Waals surface area contributed by atoms with Crippen molar-refractivity contribution in [2.45, 2.75) is 17.6 Å². The minimum atomic E-state index is -0.897. The van der Waals surface area contributed by atoms with Gasteiger partial charge in [-0.15, -0.1) is 24.2 Å². The van der Waals surface area contributed by atoms with Crippen molar-refractivity contribution in [2.75, 3.05) is 0 Å². The Bertz CT molecular complexity index is 851. The van der Waals surface area contributed by atoms with E-state index in [9.17, 15) is 9.90 Å². The van der Waals surface area contributed by atoms with Gasteiger partial charge in [-0.25, -0.2) is 4.79 Å². The highest BCUT2D eigenvalue weighted by Gasteiger charge is 2.10. The molecule has 2 aromatic carbocycles. The van der Waals surface area contributed by atoms with Gasteiger partial charge >= 0.3 is 5.97 Å². The molecule has 3 aromatic rings. The van der Waals surface area contributed by atoms with Gasteiger partial charge in [0.15, 0.2) is 0 Å². The predicted molar refractivity (Wildman–Crippen MR) is 96.7 cm³/mol. The number of nitrogens with zero attached hydrogens (tertiary/aromatic N) is 1. The van der Waals surface area contributed by atoms with E-state index in [1.54, 1.807) is 12.1 Å². The van der Waals surface area contributed by atoms with Gasteiger partial charge in [-0.3, -0.25) is 4.98 Å². The Balaban J connectivity index is 0.00000192. The summed E-state index contributed by atoms with van der Waals surface area (Å²) in [6, 6.07) is 17.2. The summed E-state index contributed by atoms with van der Waals surface area (Å²) < 4.78 is 0. The standard InChI is InChI=1S/C18H15NO2S.ClH/c1-12-10-13(19-16-8-4-2-6-14(12)16)11-22-17-9-5-3-7-15(17)18(20)21;/h2-10H,11H2,1H3,(H,20,21);1H. The highest BCUT2D eigenvalue weighted by Crippen LogP contribution is 2.27. The molecule has 0 saturated carbocycles. The molecular weight excluding hydrogens is 330 g/mol. The van der Waals surface area contributed by atoms with E-state index in [4.69, 9.17) is 0 Å². The lowest BCUT2D eigenvalue weighted by atomic mass is 10.1. The minimum absolute atomic E-state index is 0. The van der Waals surface area contributed by atoms with Gasteiger partial charge in [0.2, 0.25) is 0 Å². The van der Waals surface area contributed by atoms with Crippen LogP contribution in [0.3, 0.4) is 0 Å². The summed E-state index contributed by atoms with van der Waals surface area (Å²) >= 11 is 1.50. The highest BCUT2D eigenvalue weighted by molar-refractivity contribution is 7.98.